The van der Waals surface area contributed by atoms with Crippen LogP contribution in [-0.4, -0.2) is 34.9 Å². The van der Waals surface area contributed by atoms with E-state index in [1.807, 2.05) is 18.2 Å². The third-order valence-electron chi connectivity index (χ3n) is 4.10. The van der Waals surface area contributed by atoms with Crippen molar-refractivity contribution >= 4 is 40.6 Å². The number of ether oxygens (including phenoxy) is 1. The molecule has 0 saturated carbocycles. The summed E-state index contributed by atoms with van der Waals surface area (Å²) in [4.78, 5) is 8.66. The van der Waals surface area contributed by atoms with Gasteiger partial charge in [0.15, 0.2) is 4.33 Å². The summed E-state index contributed by atoms with van der Waals surface area (Å²) in [5, 5.41) is 3.26. The lowest BCUT2D eigenvalue weighted by atomic mass is 10.0. The van der Waals surface area contributed by atoms with Crippen LogP contribution in [-0.2, 0) is 4.74 Å². The number of hydrogen-bond donors (Lipinski definition) is 2. The summed E-state index contributed by atoms with van der Waals surface area (Å²) < 4.78 is 4.35. The Morgan fingerprint density at radius 2 is 2.17 bits per heavy atom. The molecular weight excluding hydrogens is 335 g/mol. The summed E-state index contributed by atoms with van der Waals surface area (Å²) >= 11 is 12.8. The zero-order chi connectivity index (χ0) is 16.3. The van der Waals surface area contributed by atoms with Crippen LogP contribution in [0.4, 0.5) is 5.82 Å². The maximum atomic E-state index is 6.41. The van der Waals surface area contributed by atoms with E-state index in [-0.39, 0.29) is 0 Å². The van der Waals surface area contributed by atoms with Crippen LogP contribution >= 0.6 is 23.2 Å². The average molecular weight is 355 g/mol. The molecule has 124 valence electrons. The Morgan fingerprint density at radius 3 is 2.91 bits per heavy atom. The Balaban J connectivity index is 1.75. The number of hydrogen-bond acceptors (Lipinski definition) is 4. The molecular formula is C16H20Cl2N4O. The topological polar surface area (TPSA) is 72.5 Å². The van der Waals surface area contributed by atoms with E-state index in [9.17, 15) is 0 Å². The molecule has 7 heteroatoms. The SMILES string of the molecule is Nc1cc(C2=CCC(Cl)(Cl)C(=NCC3CCOCC3)N2)ccn1. The highest BCUT2D eigenvalue weighted by atomic mass is 35.5. The van der Waals surface area contributed by atoms with Gasteiger partial charge in [0.1, 0.15) is 11.7 Å². The van der Waals surface area contributed by atoms with Crippen LogP contribution in [0, 0.1) is 5.92 Å². The number of nitrogens with zero attached hydrogens (tertiary/aromatic N) is 2. The smallest absolute Gasteiger partial charge is 0.178 e. The number of allylic oxidation sites excluding steroid dienone is 1. The monoisotopic (exact) mass is 354 g/mol. The summed E-state index contributed by atoms with van der Waals surface area (Å²) in [5.74, 6) is 1.59. The molecule has 0 spiro atoms. The highest BCUT2D eigenvalue weighted by Gasteiger charge is 2.34. The second-order valence-corrected chi connectivity index (χ2v) is 7.35. The molecule has 0 bridgehead atoms. The number of alkyl halides is 2. The Morgan fingerprint density at radius 1 is 1.39 bits per heavy atom. The first-order chi connectivity index (χ1) is 11.0. The van der Waals surface area contributed by atoms with Crippen molar-refractivity contribution in [2.24, 2.45) is 10.9 Å². The van der Waals surface area contributed by atoms with Crippen molar-refractivity contribution < 1.29 is 4.74 Å². The predicted octanol–water partition coefficient (Wildman–Crippen LogP) is 3.00. The van der Waals surface area contributed by atoms with Crippen molar-refractivity contribution in [3.63, 3.8) is 0 Å². The molecule has 0 unspecified atom stereocenters. The summed E-state index contributed by atoms with van der Waals surface area (Å²) in [7, 11) is 0. The largest absolute Gasteiger partial charge is 0.384 e. The molecule has 3 rings (SSSR count). The van der Waals surface area contributed by atoms with Crippen molar-refractivity contribution in [1.82, 2.24) is 10.3 Å². The van der Waals surface area contributed by atoms with Crippen LogP contribution in [0.2, 0.25) is 0 Å². The van der Waals surface area contributed by atoms with Crippen molar-refractivity contribution in [2.45, 2.75) is 23.6 Å². The van der Waals surface area contributed by atoms with Gasteiger partial charge < -0.3 is 15.8 Å². The van der Waals surface area contributed by atoms with Crippen molar-refractivity contribution in [3.8, 4) is 0 Å². The zero-order valence-corrected chi connectivity index (χ0v) is 14.3. The molecule has 23 heavy (non-hydrogen) atoms. The number of anilines is 1. The summed E-state index contributed by atoms with van der Waals surface area (Å²) in [6.07, 6.45) is 6.18. The first kappa shape index (κ1) is 16.6. The minimum Gasteiger partial charge on any atom is -0.384 e. The summed E-state index contributed by atoms with van der Waals surface area (Å²) in [5.41, 5.74) is 7.60. The van der Waals surface area contributed by atoms with Gasteiger partial charge in [0, 0.05) is 43.6 Å². The molecule has 1 aromatic rings. The van der Waals surface area contributed by atoms with E-state index in [0.29, 0.717) is 30.5 Å². The molecule has 5 nitrogen and oxygen atoms in total. The lowest BCUT2D eigenvalue weighted by molar-refractivity contribution is 0.0689. The van der Waals surface area contributed by atoms with Crippen LogP contribution < -0.4 is 11.1 Å². The maximum Gasteiger partial charge on any atom is 0.178 e. The van der Waals surface area contributed by atoms with E-state index in [1.165, 1.54) is 0 Å². The van der Waals surface area contributed by atoms with E-state index in [2.05, 4.69) is 15.3 Å². The van der Waals surface area contributed by atoms with E-state index < -0.39 is 4.33 Å². The number of nitrogen functional groups attached to an aromatic ring is 1. The van der Waals surface area contributed by atoms with Crippen molar-refractivity contribution in [3.05, 3.63) is 30.0 Å². The van der Waals surface area contributed by atoms with Gasteiger partial charge in [-0.1, -0.05) is 29.3 Å². The fourth-order valence-corrected chi connectivity index (χ4v) is 3.08. The molecule has 2 aliphatic rings. The normalized spacial score (nSPS) is 23.4. The molecule has 0 radical (unpaired) electrons. The second-order valence-electron chi connectivity index (χ2n) is 5.87. The molecule has 3 heterocycles. The average Bonchev–Trinajstić information content (AvgIpc) is 2.54. The molecule has 0 amide bonds. The van der Waals surface area contributed by atoms with Gasteiger partial charge in [0.25, 0.3) is 0 Å². The van der Waals surface area contributed by atoms with Gasteiger partial charge >= 0.3 is 0 Å². The number of pyridine rings is 1. The predicted molar refractivity (Wildman–Crippen MR) is 94.7 cm³/mol. The van der Waals surface area contributed by atoms with Crippen molar-refractivity contribution in [1.29, 1.82) is 0 Å². The number of amidine groups is 1. The Kier molecular flexibility index (Phi) is 5.09. The first-order valence-electron chi connectivity index (χ1n) is 7.74. The lowest BCUT2D eigenvalue weighted by Gasteiger charge is -2.29. The Labute approximate surface area is 145 Å². The van der Waals surface area contributed by atoms with E-state index in [1.54, 1.807) is 6.20 Å². The van der Waals surface area contributed by atoms with E-state index in [4.69, 9.17) is 33.7 Å². The van der Waals surface area contributed by atoms with Crippen LogP contribution in [0.25, 0.3) is 5.70 Å². The standard InChI is InChI=1S/C16H20Cl2N4O/c17-16(18)5-1-13(12-2-6-20-14(19)9-12)22-15(16)21-10-11-3-7-23-8-4-11/h1-2,6,9,11H,3-5,7-8,10H2,(H2,19,20)(H,21,22). The van der Waals surface area contributed by atoms with Gasteiger partial charge in [0.05, 0.1) is 0 Å². The Bertz CT molecular complexity index is 624. The van der Waals surface area contributed by atoms with Crippen LogP contribution in [0.3, 0.4) is 0 Å². The minimum absolute atomic E-state index is 0.472. The van der Waals surface area contributed by atoms with Gasteiger partial charge in [-0.3, -0.25) is 4.99 Å². The summed E-state index contributed by atoms with van der Waals surface area (Å²) in [6.45, 7) is 2.31. The quantitative estimate of drug-likeness (QED) is 0.818. The summed E-state index contributed by atoms with van der Waals surface area (Å²) in [6, 6.07) is 3.70. The fourth-order valence-electron chi connectivity index (χ4n) is 2.71. The van der Waals surface area contributed by atoms with Gasteiger partial charge in [-0.2, -0.15) is 0 Å². The molecule has 2 aliphatic heterocycles. The van der Waals surface area contributed by atoms with Crippen molar-refractivity contribution in [2.75, 3.05) is 25.5 Å². The van der Waals surface area contributed by atoms with Crippen LogP contribution in [0.5, 0.6) is 0 Å². The van der Waals surface area contributed by atoms with Gasteiger partial charge in [0.2, 0.25) is 0 Å². The van der Waals surface area contributed by atoms with Gasteiger partial charge in [-0.15, -0.1) is 0 Å². The van der Waals surface area contributed by atoms with E-state index >= 15 is 0 Å². The number of aliphatic imine (C=N–C) groups is 1. The highest BCUT2D eigenvalue weighted by Crippen LogP contribution is 2.33. The Hall–Kier alpha value is -1.30. The van der Waals surface area contributed by atoms with Gasteiger partial charge in [-0.25, -0.2) is 4.98 Å². The number of nitrogens with one attached hydrogen (secondary N) is 1. The highest BCUT2D eigenvalue weighted by molar-refractivity contribution is 6.59. The maximum absolute atomic E-state index is 6.41. The molecule has 1 saturated heterocycles. The molecule has 3 N–H and O–H groups in total. The molecule has 0 aliphatic carbocycles. The first-order valence-corrected chi connectivity index (χ1v) is 8.50. The second kappa shape index (κ2) is 7.07. The van der Waals surface area contributed by atoms with Gasteiger partial charge in [-0.05, 0) is 30.9 Å². The molecule has 0 atom stereocenters. The molecule has 0 aromatic carbocycles. The van der Waals surface area contributed by atoms with Crippen LogP contribution in [0.1, 0.15) is 24.8 Å². The third kappa shape index (κ3) is 4.16. The molecule has 1 fully saturated rings. The number of aromatic nitrogens is 1. The van der Waals surface area contributed by atoms with Crippen LogP contribution in [0.15, 0.2) is 29.4 Å². The number of halogens is 2. The minimum atomic E-state index is -1.02. The zero-order valence-electron chi connectivity index (χ0n) is 12.8. The lowest BCUT2D eigenvalue weighted by Crippen LogP contribution is -2.41. The number of rotatable bonds is 3. The molecule has 1 aromatic heterocycles. The number of nitrogens with two attached hydrogens (primary N) is 1. The van der Waals surface area contributed by atoms with E-state index in [0.717, 1.165) is 37.3 Å². The fraction of sp³-hybridized carbons (Fsp3) is 0.500. The third-order valence-corrected chi connectivity index (χ3v) is 4.77.